The third-order valence-corrected chi connectivity index (χ3v) is 5.18. The Morgan fingerprint density at radius 3 is 2.55 bits per heavy atom. The number of amides is 1. The number of hydrogen-bond acceptors (Lipinski definition) is 6. The number of esters is 1. The molecule has 7 nitrogen and oxygen atoms in total. The maximum Gasteiger partial charge on any atom is 0.338 e. The largest absolute Gasteiger partial charge is 0.452 e. The molecule has 148 valence electrons. The Bertz CT molecular complexity index is 1020. The molecule has 8 heteroatoms. The van der Waals surface area contributed by atoms with E-state index >= 15 is 0 Å². The summed E-state index contributed by atoms with van der Waals surface area (Å²) in [5.41, 5.74) is 1.19. The van der Waals surface area contributed by atoms with Crippen molar-refractivity contribution in [3.8, 4) is 0 Å². The average Bonchev–Trinajstić information content (AvgIpc) is 3.25. The van der Waals surface area contributed by atoms with Crippen LogP contribution in [0.4, 0.5) is 5.69 Å². The second-order valence-corrected chi connectivity index (χ2v) is 7.24. The zero-order valence-corrected chi connectivity index (χ0v) is 16.3. The normalized spacial score (nSPS) is 11.5. The quantitative estimate of drug-likeness (QED) is 0.360. The number of carbonyl (C=O) groups is 2. The number of carbonyl (C=O) groups excluding carboxylic acids is 2. The van der Waals surface area contributed by atoms with Gasteiger partial charge in [-0.25, -0.2) is 4.79 Å². The highest BCUT2D eigenvalue weighted by atomic mass is 32.1. The first-order valence-electron chi connectivity index (χ1n) is 8.75. The molecule has 0 unspecified atom stereocenters. The van der Waals surface area contributed by atoms with Gasteiger partial charge in [0.15, 0.2) is 6.61 Å². The predicted molar refractivity (Wildman–Crippen MR) is 109 cm³/mol. The summed E-state index contributed by atoms with van der Waals surface area (Å²) in [6, 6.07) is 17.0. The second-order valence-electron chi connectivity index (χ2n) is 6.26. The fourth-order valence-electron chi connectivity index (χ4n) is 2.77. The number of benzene rings is 2. The molecule has 0 saturated carbocycles. The summed E-state index contributed by atoms with van der Waals surface area (Å²) in [5.74, 6) is -1.27. The number of ether oxygens (including phenoxy) is 1. The number of nitro groups is 1. The zero-order chi connectivity index (χ0) is 20.8. The molecule has 0 saturated heterocycles. The number of nitrogens with zero attached hydrogens (tertiary/aromatic N) is 1. The molecule has 0 aliphatic heterocycles. The molecule has 0 aliphatic rings. The number of nitro benzene ring substituents is 1. The van der Waals surface area contributed by atoms with Crippen molar-refractivity contribution in [2.45, 2.75) is 13.0 Å². The molecular formula is C21H18N2O5S. The molecule has 2 aromatic carbocycles. The van der Waals surface area contributed by atoms with Crippen molar-refractivity contribution >= 4 is 28.9 Å². The van der Waals surface area contributed by atoms with E-state index in [4.69, 9.17) is 4.74 Å². The molecule has 3 rings (SSSR count). The minimum absolute atomic E-state index is 0.0213. The average molecular weight is 410 g/mol. The molecule has 29 heavy (non-hydrogen) atoms. The monoisotopic (exact) mass is 410 g/mol. The Kier molecular flexibility index (Phi) is 6.36. The number of thiophene rings is 1. The van der Waals surface area contributed by atoms with Gasteiger partial charge in [0, 0.05) is 16.5 Å². The summed E-state index contributed by atoms with van der Waals surface area (Å²) in [4.78, 5) is 36.0. The number of rotatable bonds is 7. The van der Waals surface area contributed by atoms with Crippen LogP contribution in [0.2, 0.25) is 0 Å². The predicted octanol–water partition coefficient (Wildman–Crippen LogP) is 4.03. The van der Waals surface area contributed by atoms with Crippen LogP contribution in [-0.4, -0.2) is 23.4 Å². The third kappa shape index (κ3) is 5.05. The first-order valence-corrected chi connectivity index (χ1v) is 9.63. The highest BCUT2D eigenvalue weighted by Crippen LogP contribution is 2.26. The lowest BCUT2D eigenvalue weighted by Gasteiger charge is -2.18. The summed E-state index contributed by atoms with van der Waals surface area (Å²) < 4.78 is 5.05. The molecule has 1 amide bonds. The van der Waals surface area contributed by atoms with Crippen molar-refractivity contribution in [1.29, 1.82) is 0 Å². The van der Waals surface area contributed by atoms with E-state index in [9.17, 15) is 19.7 Å². The molecule has 0 radical (unpaired) electrons. The van der Waals surface area contributed by atoms with E-state index in [0.29, 0.717) is 5.56 Å². The van der Waals surface area contributed by atoms with Crippen LogP contribution in [-0.2, 0) is 9.53 Å². The molecule has 1 aromatic heterocycles. The van der Waals surface area contributed by atoms with Gasteiger partial charge in [-0.15, -0.1) is 11.3 Å². The standard InChI is InChI=1S/C21H18N2O5S/c1-14-9-10-16(12-17(14)23(26)27)21(25)28-13-19(24)22-20(18-8-5-11-29-18)15-6-3-2-4-7-15/h2-12,20H,13H2,1H3,(H,22,24)/t20-/m0/s1. The van der Waals surface area contributed by atoms with E-state index < -0.39 is 23.4 Å². The van der Waals surface area contributed by atoms with Gasteiger partial charge in [0.1, 0.15) is 0 Å². The number of hydrogen-bond donors (Lipinski definition) is 1. The van der Waals surface area contributed by atoms with Crippen molar-refractivity contribution in [2.24, 2.45) is 0 Å². The van der Waals surface area contributed by atoms with Crippen LogP contribution in [0.25, 0.3) is 0 Å². The molecular weight excluding hydrogens is 392 g/mol. The second kappa shape index (κ2) is 9.11. The van der Waals surface area contributed by atoms with Crippen LogP contribution < -0.4 is 5.32 Å². The van der Waals surface area contributed by atoms with E-state index in [1.807, 2.05) is 47.8 Å². The van der Waals surface area contributed by atoms with Crippen LogP contribution in [0.1, 0.15) is 32.4 Å². The van der Waals surface area contributed by atoms with Gasteiger partial charge in [0.25, 0.3) is 11.6 Å². The number of aryl methyl sites for hydroxylation is 1. The van der Waals surface area contributed by atoms with Crippen LogP contribution >= 0.6 is 11.3 Å². The Hall–Kier alpha value is -3.52. The van der Waals surface area contributed by atoms with E-state index in [0.717, 1.165) is 16.5 Å². The molecule has 1 heterocycles. The first-order chi connectivity index (χ1) is 14.0. The Labute approximate surface area is 171 Å². The summed E-state index contributed by atoms with van der Waals surface area (Å²) in [6.07, 6.45) is 0. The Morgan fingerprint density at radius 2 is 1.90 bits per heavy atom. The molecule has 0 spiro atoms. The van der Waals surface area contributed by atoms with Crippen molar-refractivity contribution in [1.82, 2.24) is 5.32 Å². The van der Waals surface area contributed by atoms with Gasteiger partial charge in [-0.1, -0.05) is 42.5 Å². The lowest BCUT2D eigenvalue weighted by Crippen LogP contribution is -2.32. The van der Waals surface area contributed by atoms with Crippen molar-refractivity contribution in [3.05, 3.63) is 97.7 Å². The van der Waals surface area contributed by atoms with Gasteiger partial charge in [-0.05, 0) is 30.0 Å². The van der Waals surface area contributed by atoms with Gasteiger partial charge in [0.05, 0.1) is 16.5 Å². The summed E-state index contributed by atoms with van der Waals surface area (Å²) >= 11 is 1.51. The first kappa shape index (κ1) is 20.2. The topological polar surface area (TPSA) is 98.5 Å². The van der Waals surface area contributed by atoms with E-state index in [-0.39, 0.29) is 17.3 Å². The smallest absolute Gasteiger partial charge is 0.338 e. The lowest BCUT2D eigenvalue weighted by molar-refractivity contribution is -0.385. The molecule has 3 aromatic rings. The Morgan fingerprint density at radius 1 is 1.14 bits per heavy atom. The van der Waals surface area contributed by atoms with Gasteiger partial charge in [0.2, 0.25) is 0 Å². The summed E-state index contributed by atoms with van der Waals surface area (Å²) in [5, 5.41) is 15.8. The molecule has 1 atom stereocenters. The SMILES string of the molecule is Cc1ccc(C(=O)OCC(=O)N[C@@H](c2ccccc2)c2cccs2)cc1[N+](=O)[O-]. The summed E-state index contributed by atoms with van der Waals surface area (Å²) in [7, 11) is 0. The van der Waals surface area contributed by atoms with E-state index in [1.54, 1.807) is 6.92 Å². The van der Waals surface area contributed by atoms with Crippen LogP contribution in [0.5, 0.6) is 0 Å². The molecule has 1 N–H and O–H groups in total. The summed E-state index contributed by atoms with van der Waals surface area (Å²) in [6.45, 7) is 1.09. The van der Waals surface area contributed by atoms with Crippen LogP contribution in [0.3, 0.4) is 0 Å². The highest BCUT2D eigenvalue weighted by Gasteiger charge is 2.20. The maximum absolute atomic E-state index is 12.4. The van der Waals surface area contributed by atoms with Gasteiger partial charge >= 0.3 is 5.97 Å². The van der Waals surface area contributed by atoms with Crippen molar-refractivity contribution in [3.63, 3.8) is 0 Å². The van der Waals surface area contributed by atoms with Crippen molar-refractivity contribution < 1.29 is 19.2 Å². The lowest BCUT2D eigenvalue weighted by atomic mass is 10.1. The molecule has 0 aliphatic carbocycles. The van der Waals surface area contributed by atoms with Gasteiger partial charge in [-0.2, -0.15) is 0 Å². The van der Waals surface area contributed by atoms with E-state index in [2.05, 4.69) is 5.32 Å². The highest BCUT2D eigenvalue weighted by molar-refractivity contribution is 7.10. The fraction of sp³-hybridized carbons (Fsp3) is 0.143. The van der Waals surface area contributed by atoms with Crippen LogP contribution in [0.15, 0.2) is 66.0 Å². The minimum atomic E-state index is -0.796. The zero-order valence-electron chi connectivity index (χ0n) is 15.5. The van der Waals surface area contributed by atoms with E-state index in [1.165, 1.54) is 23.5 Å². The van der Waals surface area contributed by atoms with Gasteiger partial charge < -0.3 is 10.1 Å². The Balaban J connectivity index is 1.66. The van der Waals surface area contributed by atoms with Gasteiger partial charge in [-0.3, -0.25) is 14.9 Å². The maximum atomic E-state index is 12.4. The van der Waals surface area contributed by atoms with Crippen molar-refractivity contribution in [2.75, 3.05) is 6.61 Å². The fourth-order valence-corrected chi connectivity index (χ4v) is 3.57. The molecule has 0 fully saturated rings. The minimum Gasteiger partial charge on any atom is -0.452 e. The number of nitrogens with one attached hydrogen (secondary N) is 1. The molecule has 0 bridgehead atoms. The third-order valence-electron chi connectivity index (χ3n) is 4.24. The van der Waals surface area contributed by atoms with Crippen LogP contribution in [0, 0.1) is 17.0 Å².